The average Bonchev–Trinajstić information content (AvgIpc) is 2.23. The largest absolute Gasteiger partial charge is 0.295 e. The first-order valence-electron chi connectivity index (χ1n) is 4.64. The Labute approximate surface area is 107 Å². The van der Waals surface area contributed by atoms with Gasteiger partial charge in [-0.3, -0.25) is 4.90 Å². The molecule has 1 saturated heterocycles. The monoisotopic (exact) mass is 307 g/mol. The molecule has 1 atom stereocenters. The number of halogens is 2. The summed E-state index contributed by atoms with van der Waals surface area (Å²) < 4.78 is 0.749. The van der Waals surface area contributed by atoms with Gasteiger partial charge in [0.1, 0.15) is 11.0 Å². The first-order valence-corrected chi connectivity index (χ1v) is 6.97. The molecule has 0 spiro atoms. The Morgan fingerprint density at radius 3 is 3.13 bits per heavy atom. The molecule has 15 heavy (non-hydrogen) atoms. The zero-order valence-electron chi connectivity index (χ0n) is 8.28. The average molecular weight is 309 g/mol. The highest BCUT2D eigenvalue weighted by atomic mass is 79.9. The summed E-state index contributed by atoms with van der Waals surface area (Å²) in [4.78, 5) is 10.9. The molecule has 1 aromatic heterocycles. The highest BCUT2D eigenvalue weighted by Crippen LogP contribution is 2.28. The minimum Gasteiger partial charge on any atom is -0.295 e. The van der Waals surface area contributed by atoms with Crippen LogP contribution in [0.5, 0.6) is 0 Å². The van der Waals surface area contributed by atoms with Gasteiger partial charge in [0.15, 0.2) is 0 Å². The van der Waals surface area contributed by atoms with Crippen molar-refractivity contribution in [3.8, 4) is 0 Å². The van der Waals surface area contributed by atoms with Crippen LogP contribution in [-0.2, 0) is 0 Å². The van der Waals surface area contributed by atoms with Crippen LogP contribution in [0.4, 0.5) is 0 Å². The van der Waals surface area contributed by atoms with E-state index in [9.17, 15) is 0 Å². The summed E-state index contributed by atoms with van der Waals surface area (Å²) in [5.74, 6) is 3.03. The maximum absolute atomic E-state index is 5.96. The maximum atomic E-state index is 5.96. The Balaban J connectivity index is 2.24. The fourth-order valence-electron chi connectivity index (χ4n) is 1.48. The molecule has 2 rings (SSSR count). The van der Waals surface area contributed by atoms with Crippen molar-refractivity contribution >= 4 is 39.3 Å². The molecule has 1 aromatic rings. The maximum Gasteiger partial charge on any atom is 0.148 e. The number of nitrogens with zero attached hydrogens (tertiary/aromatic N) is 3. The SMILES string of the molecule is CN1CCSCC1c1ncc(Br)c(Cl)n1. The van der Waals surface area contributed by atoms with E-state index in [2.05, 4.69) is 37.8 Å². The Kier molecular flexibility index (Phi) is 3.88. The fraction of sp³-hybridized carbons (Fsp3) is 0.556. The Bertz CT molecular complexity index is 363. The summed E-state index contributed by atoms with van der Waals surface area (Å²) >= 11 is 11.2. The van der Waals surface area contributed by atoms with Crippen molar-refractivity contribution < 1.29 is 0 Å². The van der Waals surface area contributed by atoms with Crippen LogP contribution in [-0.4, -0.2) is 40.0 Å². The highest BCUT2D eigenvalue weighted by Gasteiger charge is 2.23. The smallest absolute Gasteiger partial charge is 0.148 e. The van der Waals surface area contributed by atoms with Gasteiger partial charge in [0.2, 0.25) is 0 Å². The molecule has 3 nitrogen and oxygen atoms in total. The third-order valence-corrected chi connectivity index (χ3v) is 4.53. The van der Waals surface area contributed by atoms with Crippen molar-refractivity contribution in [1.29, 1.82) is 0 Å². The van der Waals surface area contributed by atoms with E-state index in [0.29, 0.717) is 5.15 Å². The van der Waals surface area contributed by atoms with E-state index in [1.807, 2.05) is 11.8 Å². The van der Waals surface area contributed by atoms with Gasteiger partial charge in [-0.2, -0.15) is 11.8 Å². The lowest BCUT2D eigenvalue weighted by atomic mass is 10.2. The topological polar surface area (TPSA) is 29.0 Å². The minimum absolute atomic E-state index is 0.286. The van der Waals surface area contributed by atoms with Crippen LogP contribution >= 0.6 is 39.3 Å². The minimum atomic E-state index is 0.286. The lowest BCUT2D eigenvalue weighted by Crippen LogP contribution is -2.33. The lowest BCUT2D eigenvalue weighted by molar-refractivity contribution is 0.264. The lowest BCUT2D eigenvalue weighted by Gasteiger charge is -2.30. The van der Waals surface area contributed by atoms with Gasteiger partial charge >= 0.3 is 0 Å². The number of hydrogen-bond acceptors (Lipinski definition) is 4. The van der Waals surface area contributed by atoms with Crippen LogP contribution in [0.1, 0.15) is 11.9 Å². The second-order valence-corrected chi connectivity index (χ2v) is 5.80. The molecule has 0 N–H and O–H groups in total. The van der Waals surface area contributed by atoms with Crippen LogP contribution < -0.4 is 0 Å². The molecule has 0 saturated carbocycles. The van der Waals surface area contributed by atoms with Crippen LogP contribution in [0.2, 0.25) is 5.15 Å². The van der Waals surface area contributed by atoms with Crippen LogP contribution in [0.15, 0.2) is 10.7 Å². The number of hydrogen-bond donors (Lipinski definition) is 0. The van der Waals surface area contributed by atoms with Gasteiger partial charge in [0.05, 0.1) is 10.5 Å². The molecule has 1 unspecified atom stereocenters. The second kappa shape index (κ2) is 4.99. The van der Waals surface area contributed by atoms with Gasteiger partial charge in [-0.05, 0) is 23.0 Å². The van der Waals surface area contributed by atoms with Crippen LogP contribution in [0.3, 0.4) is 0 Å². The van der Waals surface area contributed by atoms with Gasteiger partial charge in [0.25, 0.3) is 0 Å². The van der Waals surface area contributed by atoms with Crippen molar-refractivity contribution in [2.45, 2.75) is 6.04 Å². The molecule has 6 heteroatoms. The van der Waals surface area contributed by atoms with E-state index in [4.69, 9.17) is 11.6 Å². The molecule has 0 radical (unpaired) electrons. The Hall–Kier alpha value is 0.160. The zero-order valence-corrected chi connectivity index (χ0v) is 11.4. The summed E-state index contributed by atoms with van der Waals surface area (Å²) in [5.41, 5.74) is 0. The number of aromatic nitrogens is 2. The van der Waals surface area contributed by atoms with Crippen molar-refractivity contribution in [2.75, 3.05) is 25.1 Å². The highest BCUT2D eigenvalue weighted by molar-refractivity contribution is 9.10. The number of thioether (sulfide) groups is 1. The van der Waals surface area contributed by atoms with Crippen molar-refractivity contribution in [2.24, 2.45) is 0 Å². The molecule has 0 amide bonds. The van der Waals surface area contributed by atoms with Crippen LogP contribution in [0, 0.1) is 0 Å². The van der Waals surface area contributed by atoms with E-state index in [1.165, 1.54) is 5.75 Å². The van der Waals surface area contributed by atoms with E-state index in [0.717, 1.165) is 22.6 Å². The van der Waals surface area contributed by atoms with E-state index in [1.54, 1.807) is 6.20 Å². The van der Waals surface area contributed by atoms with Crippen LogP contribution in [0.25, 0.3) is 0 Å². The van der Waals surface area contributed by atoms with E-state index in [-0.39, 0.29) is 6.04 Å². The first kappa shape index (κ1) is 11.6. The van der Waals surface area contributed by atoms with Crippen molar-refractivity contribution in [1.82, 2.24) is 14.9 Å². The standard InChI is InChI=1S/C9H11BrClN3S/c1-14-2-3-15-5-7(14)9-12-4-6(10)8(11)13-9/h4,7H,2-3,5H2,1H3. The van der Waals surface area contributed by atoms with Gasteiger partial charge in [-0.25, -0.2) is 9.97 Å². The quantitative estimate of drug-likeness (QED) is 0.746. The normalized spacial score (nSPS) is 23.0. The molecule has 1 fully saturated rings. The summed E-state index contributed by atoms with van der Waals surface area (Å²) in [7, 11) is 2.10. The summed E-state index contributed by atoms with van der Waals surface area (Å²) in [6.45, 7) is 1.08. The molecule has 0 bridgehead atoms. The van der Waals surface area contributed by atoms with Crippen molar-refractivity contribution in [3.05, 3.63) is 21.6 Å². The predicted octanol–water partition coefficient (Wildman–Crippen LogP) is 2.61. The molecule has 0 aliphatic carbocycles. The summed E-state index contributed by atoms with van der Waals surface area (Å²) in [6, 6.07) is 0.286. The number of rotatable bonds is 1. The van der Waals surface area contributed by atoms with Crippen molar-refractivity contribution in [3.63, 3.8) is 0 Å². The van der Waals surface area contributed by atoms with Gasteiger partial charge in [-0.1, -0.05) is 11.6 Å². The molecule has 1 aliphatic heterocycles. The zero-order chi connectivity index (χ0) is 10.8. The van der Waals surface area contributed by atoms with E-state index >= 15 is 0 Å². The first-order chi connectivity index (χ1) is 7.18. The summed E-state index contributed by atoms with van der Waals surface area (Å²) in [6.07, 6.45) is 1.72. The third-order valence-electron chi connectivity index (χ3n) is 2.41. The fourth-order valence-corrected chi connectivity index (χ4v) is 3.01. The molecular weight excluding hydrogens is 298 g/mol. The molecule has 82 valence electrons. The van der Waals surface area contributed by atoms with Gasteiger partial charge in [-0.15, -0.1) is 0 Å². The Morgan fingerprint density at radius 1 is 1.67 bits per heavy atom. The second-order valence-electron chi connectivity index (χ2n) is 3.44. The molecule has 2 heterocycles. The Morgan fingerprint density at radius 2 is 2.47 bits per heavy atom. The molecular formula is C9H11BrClN3S. The molecule has 1 aliphatic rings. The predicted molar refractivity (Wildman–Crippen MR) is 67.4 cm³/mol. The van der Waals surface area contributed by atoms with Gasteiger partial charge < -0.3 is 0 Å². The summed E-state index contributed by atoms with van der Waals surface area (Å²) in [5, 5.41) is 0.490. The molecule has 0 aromatic carbocycles. The third kappa shape index (κ3) is 2.64. The van der Waals surface area contributed by atoms with Gasteiger partial charge in [0, 0.05) is 24.2 Å². The van der Waals surface area contributed by atoms with E-state index < -0.39 is 0 Å².